The molecule has 5 nitrogen and oxygen atoms in total. The molecule has 7 heteroatoms. The molecular formula is C16H20ClFN4O. The maximum atomic E-state index is 13.6. The Morgan fingerprint density at radius 1 is 1.39 bits per heavy atom. The molecule has 1 aromatic heterocycles. The van der Waals surface area contributed by atoms with E-state index in [1.165, 1.54) is 12.1 Å². The van der Waals surface area contributed by atoms with E-state index in [9.17, 15) is 9.18 Å². The smallest absolute Gasteiger partial charge is 0.238 e. The van der Waals surface area contributed by atoms with Crippen LogP contribution in [-0.4, -0.2) is 28.3 Å². The quantitative estimate of drug-likeness (QED) is 0.851. The molecule has 1 amide bonds. The predicted octanol–water partition coefficient (Wildman–Crippen LogP) is 2.91. The summed E-state index contributed by atoms with van der Waals surface area (Å²) in [6.45, 7) is 6.63. The lowest BCUT2D eigenvalue weighted by molar-refractivity contribution is -0.115. The second-order valence-electron chi connectivity index (χ2n) is 5.56. The van der Waals surface area contributed by atoms with Crippen LogP contribution in [0.3, 0.4) is 0 Å². The number of benzene rings is 1. The van der Waals surface area contributed by atoms with Gasteiger partial charge in [0.25, 0.3) is 0 Å². The molecule has 124 valence electrons. The van der Waals surface area contributed by atoms with E-state index < -0.39 is 5.82 Å². The van der Waals surface area contributed by atoms with Gasteiger partial charge in [-0.25, -0.2) is 4.39 Å². The van der Waals surface area contributed by atoms with Crippen LogP contribution in [-0.2, 0) is 11.3 Å². The molecule has 2 N–H and O–H groups in total. The van der Waals surface area contributed by atoms with E-state index in [2.05, 4.69) is 15.7 Å². The fraction of sp³-hybridized carbons (Fsp3) is 0.375. The molecule has 0 radical (unpaired) electrons. The Labute approximate surface area is 139 Å². The average molecular weight is 339 g/mol. The Hall–Kier alpha value is -1.92. The van der Waals surface area contributed by atoms with E-state index in [1.54, 1.807) is 0 Å². The zero-order chi connectivity index (χ0) is 17.0. The van der Waals surface area contributed by atoms with Crippen molar-refractivity contribution in [1.29, 1.82) is 0 Å². The van der Waals surface area contributed by atoms with Gasteiger partial charge in [-0.1, -0.05) is 11.6 Å². The molecule has 0 aliphatic carbocycles. The number of hydrogen-bond donors (Lipinski definition) is 2. The molecule has 0 saturated carbocycles. The first-order valence-electron chi connectivity index (χ1n) is 7.34. The van der Waals surface area contributed by atoms with Crippen molar-refractivity contribution in [2.24, 2.45) is 0 Å². The third-order valence-electron chi connectivity index (χ3n) is 3.37. The number of rotatable bonds is 6. The third kappa shape index (κ3) is 5.04. The van der Waals surface area contributed by atoms with E-state index in [1.807, 2.05) is 31.5 Å². The number of anilines is 1. The highest BCUT2D eigenvalue weighted by Crippen LogP contribution is 2.18. The molecule has 1 aromatic carbocycles. The summed E-state index contributed by atoms with van der Waals surface area (Å²) in [6.07, 6.45) is 0. The van der Waals surface area contributed by atoms with Crippen LogP contribution < -0.4 is 10.6 Å². The van der Waals surface area contributed by atoms with Gasteiger partial charge in [-0.15, -0.1) is 0 Å². The predicted molar refractivity (Wildman–Crippen MR) is 89.2 cm³/mol. The fourth-order valence-electron chi connectivity index (χ4n) is 2.24. The van der Waals surface area contributed by atoms with Gasteiger partial charge in [-0.2, -0.15) is 5.10 Å². The van der Waals surface area contributed by atoms with Crippen molar-refractivity contribution in [2.75, 3.05) is 11.9 Å². The average Bonchev–Trinajstić information content (AvgIpc) is 2.78. The topological polar surface area (TPSA) is 59.0 Å². The number of halogens is 2. The maximum Gasteiger partial charge on any atom is 0.238 e. The molecule has 0 unspecified atom stereocenters. The van der Waals surface area contributed by atoms with Crippen LogP contribution in [0.25, 0.3) is 0 Å². The van der Waals surface area contributed by atoms with Gasteiger partial charge in [0, 0.05) is 16.8 Å². The van der Waals surface area contributed by atoms with Crippen LogP contribution in [0.15, 0.2) is 24.3 Å². The highest BCUT2D eigenvalue weighted by atomic mass is 35.5. The van der Waals surface area contributed by atoms with Gasteiger partial charge in [-0.3, -0.25) is 9.48 Å². The Kier molecular flexibility index (Phi) is 5.74. The lowest BCUT2D eigenvalue weighted by atomic mass is 10.3. The normalized spacial score (nSPS) is 12.2. The molecule has 1 atom stereocenters. The van der Waals surface area contributed by atoms with Gasteiger partial charge in [0.1, 0.15) is 5.82 Å². The van der Waals surface area contributed by atoms with Crippen molar-refractivity contribution in [2.45, 2.75) is 33.4 Å². The van der Waals surface area contributed by atoms with E-state index in [-0.39, 0.29) is 29.2 Å². The van der Waals surface area contributed by atoms with Crippen molar-refractivity contribution in [3.8, 4) is 0 Å². The fourth-order valence-corrected chi connectivity index (χ4v) is 2.39. The van der Waals surface area contributed by atoms with Crippen molar-refractivity contribution in [1.82, 2.24) is 15.1 Å². The molecule has 0 aliphatic heterocycles. The molecule has 2 aromatic rings. The summed E-state index contributed by atoms with van der Waals surface area (Å²) >= 11 is 5.67. The minimum Gasteiger partial charge on any atom is -0.322 e. The van der Waals surface area contributed by atoms with E-state index in [0.29, 0.717) is 6.54 Å². The molecule has 0 aliphatic rings. The maximum absolute atomic E-state index is 13.6. The summed E-state index contributed by atoms with van der Waals surface area (Å²) in [5.74, 6) is -0.868. The molecule has 0 fully saturated rings. The number of carbonyl (C=O) groups is 1. The first-order valence-corrected chi connectivity index (χ1v) is 7.72. The van der Waals surface area contributed by atoms with Crippen molar-refractivity contribution in [3.05, 3.63) is 46.5 Å². The molecular weight excluding hydrogens is 319 g/mol. The molecule has 0 bridgehead atoms. The number of amides is 1. The van der Waals surface area contributed by atoms with Crippen LogP contribution in [0.1, 0.15) is 18.3 Å². The molecule has 1 heterocycles. The third-order valence-corrected chi connectivity index (χ3v) is 3.60. The number of carbonyl (C=O) groups excluding carboxylic acids is 1. The monoisotopic (exact) mass is 338 g/mol. The number of nitrogens with zero attached hydrogens (tertiary/aromatic N) is 2. The zero-order valence-corrected chi connectivity index (χ0v) is 14.1. The zero-order valence-electron chi connectivity index (χ0n) is 13.4. The summed E-state index contributed by atoms with van der Waals surface area (Å²) in [4.78, 5) is 11.9. The number of aromatic nitrogens is 2. The van der Waals surface area contributed by atoms with Gasteiger partial charge in [-0.05, 0) is 45.0 Å². The van der Waals surface area contributed by atoms with E-state index >= 15 is 0 Å². The summed E-state index contributed by atoms with van der Waals surface area (Å²) < 4.78 is 15.5. The van der Waals surface area contributed by atoms with Gasteiger partial charge >= 0.3 is 0 Å². The Morgan fingerprint density at radius 2 is 2.13 bits per heavy atom. The van der Waals surface area contributed by atoms with Crippen LogP contribution in [0, 0.1) is 19.7 Å². The summed E-state index contributed by atoms with van der Waals surface area (Å²) in [6, 6.07) is 6.18. The molecule has 0 spiro atoms. The summed E-state index contributed by atoms with van der Waals surface area (Å²) in [5, 5.41) is 10.3. The molecule has 0 saturated heterocycles. The van der Waals surface area contributed by atoms with Gasteiger partial charge in [0.15, 0.2) is 0 Å². The first-order chi connectivity index (χ1) is 10.8. The minimum atomic E-state index is -0.554. The second kappa shape index (κ2) is 7.57. The largest absolute Gasteiger partial charge is 0.322 e. The van der Waals surface area contributed by atoms with Gasteiger partial charge < -0.3 is 10.6 Å². The van der Waals surface area contributed by atoms with Crippen LogP contribution in [0.5, 0.6) is 0 Å². The SMILES string of the molecule is Cc1cc(C)n(C[C@H](C)NCC(=O)Nc2ccc(Cl)cc2F)n1. The van der Waals surface area contributed by atoms with Crippen molar-refractivity contribution in [3.63, 3.8) is 0 Å². The van der Waals surface area contributed by atoms with Crippen LogP contribution in [0.4, 0.5) is 10.1 Å². The van der Waals surface area contributed by atoms with Crippen LogP contribution in [0.2, 0.25) is 5.02 Å². The van der Waals surface area contributed by atoms with Gasteiger partial charge in [0.2, 0.25) is 5.91 Å². The summed E-state index contributed by atoms with van der Waals surface area (Å²) in [5.41, 5.74) is 2.15. The van der Waals surface area contributed by atoms with Crippen molar-refractivity contribution >= 4 is 23.2 Å². The van der Waals surface area contributed by atoms with Crippen molar-refractivity contribution < 1.29 is 9.18 Å². The number of nitrogens with one attached hydrogen (secondary N) is 2. The van der Waals surface area contributed by atoms with E-state index in [4.69, 9.17) is 11.6 Å². The standard InChI is InChI=1S/C16H20ClFN4O/c1-10-6-12(3)22(21-10)9-11(2)19-8-16(23)20-15-5-4-13(17)7-14(15)18/h4-7,11,19H,8-9H2,1-3H3,(H,20,23)/t11-/m0/s1. The highest BCUT2D eigenvalue weighted by molar-refractivity contribution is 6.30. The number of aryl methyl sites for hydroxylation is 2. The Balaban J connectivity index is 1.83. The minimum absolute atomic E-state index is 0.0498. The summed E-state index contributed by atoms with van der Waals surface area (Å²) in [7, 11) is 0. The molecule has 23 heavy (non-hydrogen) atoms. The number of hydrogen-bond acceptors (Lipinski definition) is 3. The Morgan fingerprint density at radius 3 is 2.74 bits per heavy atom. The Bertz CT molecular complexity index is 701. The first kappa shape index (κ1) is 17.4. The van der Waals surface area contributed by atoms with E-state index in [0.717, 1.165) is 17.5 Å². The molecule has 2 rings (SSSR count). The second-order valence-corrected chi connectivity index (χ2v) is 6.00. The lowest BCUT2D eigenvalue weighted by Gasteiger charge is -2.15. The van der Waals surface area contributed by atoms with Gasteiger partial charge in [0.05, 0.1) is 24.5 Å². The highest BCUT2D eigenvalue weighted by Gasteiger charge is 2.11. The lowest BCUT2D eigenvalue weighted by Crippen LogP contribution is -2.37. The van der Waals surface area contributed by atoms with Crippen LogP contribution >= 0.6 is 11.6 Å².